The number of rotatable bonds is 9. The fourth-order valence-electron chi connectivity index (χ4n) is 3.29. The molecule has 1 fully saturated rings. The van der Waals surface area contributed by atoms with Gasteiger partial charge in [-0.1, -0.05) is 6.92 Å². The number of carbonyl (C=O) groups is 3. The Labute approximate surface area is 202 Å². The highest BCUT2D eigenvalue weighted by Gasteiger charge is 2.51. The fraction of sp³-hybridized carbons (Fsp3) is 0.579. The molecule has 0 aromatic carbocycles. The highest BCUT2D eigenvalue weighted by molar-refractivity contribution is 14.1. The van der Waals surface area contributed by atoms with Gasteiger partial charge in [-0.2, -0.15) is 0 Å². The summed E-state index contributed by atoms with van der Waals surface area (Å²) in [5.41, 5.74) is 3.53. The molecule has 0 aliphatic carbocycles. The van der Waals surface area contributed by atoms with Crippen molar-refractivity contribution in [1.82, 2.24) is 19.5 Å². The number of hydrogen-bond acceptors (Lipinski definition) is 12. The molecule has 13 nitrogen and oxygen atoms in total. The summed E-state index contributed by atoms with van der Waals surface area (Å²) in [6.07, 6.45) is -1.70. The molecule has 1 aliphatic heterocycles. The topological polar surface area (TPSA) is 153 Å². The van der Waals surface area contributed by atoms with E-state index in [1.165, 1.54) is 27.1 Å². The predicted molar refractivity (Wildman–Crippen MR) is 120 cm³/mol. The Balaban J connectivity index is 2.01. The van der Waals surface area contributed by atoms with E-state index in [0.29, 0.717) is 27.4 Å². The van der Waals surface area contributed by atoms with Gasteiger partial charge in [0.25, 0.3) is 0 Å². The molecule has 0 bridgehead atoms. The average Bonchev–Trinajstić information content (AvgIpc) is 3.27. The van der Waals surface area contributed by atoms with Gasteiger partial charge in [-0.15, -0.1) is 0 Å². The van der Waals surface area contributed by atoms with Crippen LogP contribution in [0.15, 0.2) is 6.33 Å². The number of halogens is 1. The lowest BCUT2D eigenvalue weighted by Crippen LogP contribution is -2.40. The number of nitrogens with zero attached hydrogens (tertiary/aromatic N) is 4. The summed E-state index contributed by atoms with van der Waals surface area (Å²) < 4.78 is 23.9. The van der Waals surface area contributed by atoms with Crippen molar-refractivity contribution in [2.75, 3.05) is 18.7 Å². The van der Waals surface area contributed by atoms with Crippen LogP contribution in [0.3, 0.4) is 0 Å². The van der Waals surface area contributed by atoms with Gasteiger partial charge in [-0.05, 0) is 6.42 Å². The molecule has 1 aliphatic rings. The molecule has 2 aromatic heterocycles. The summed E-state index contributed by atoms with van der Waals surface area (Å²) in [5.74, 6) is -1.40. The van der Waals surface area contributed by atoms with Crippen LogP contribution in [0.1, 0.15) is 40.3 Å². The van der Waals surface area contributed by atoms with Gasteiger partial charge in [0.05, 0.1) is 12.9 Å². The number of fused-ring (bicyclic) bond motifs is 1. The van der Waals surface area contributed by atoms with Gasteiger partial charge in [-0.25, -0.2) is 20.4 Å². The third-order valence-corrected chi connectivity index (χ3v) is 4.97. The molecular formula is C19H24IN5O8. The molecule has 0 spiro atoms. The van der Waals surface area contributed by atoms with Gasteiger partial charge in [0.2, 0.25) is 0 Å². The van der Waals surface area contributed by atoms with Gasteiger partial charge in [-0.3, -0.25) is 23.8 Å². The van der Waals surface area contributed by atoms with Crippen molar-refractivity contribution in [3.05, 3.63) is 10.2 Å². The lowest BCUT2D eigenvalue weighted by atomic mass is 10.1. The van der Waals surface area contributed by atoms with Gasteiger partial charge >= 0.3 is 17.9 Å². The first-order valence-electron chi connectivity index (χ1n) is 10.1. The number of nitrogens with one attached hydrogen (secondary N) is 1. The third-order valence-electron chi connectivity index (χ3n) is 4.48. The van der Waals surface area contributed by atoms with Crippen LogP contribution in [0.2, 0.25) is 0 Å². The highest BCUT2D eigenvalue weighted by atomic mass is 127. The first kappa shape index (κ1) is 25.0. The summed E-state index contributed by atoms with van der Waals surface area (Å²) in [6.45, 7) is 5.91. The van der Waals surface area contributed by atoms with Crippen molar-refractivity contribution in [2.24, 2.45) is 0 Å². The van der Waals surface area contributed by atoms with Crippen molar-refractivity contribution in [3.8, 4) is 0 Å². The van der Waals surface area contributed by atoms with Crippen LogP contribution in [0, 0.1) is 3.83 Å². The molecule has 0 amide bonds. The quantitative estimate of drug-likeness (QED) is 0.115. The Hall–Kier alpha value is -2.59. The zero-order chi connectivity index (χ0) is 24.1. The Bertz CT molecular complexity index is 1030. The number of esters is 3. The molecule has 4 atom stereocenters. The van der Waals surface area contributed by atoms with E-state index in [1.807, 2.05) is 29.5 Å². The van der Waals surface area contributed by atoms with Gasteiger partial charge in [0.1, 0.15) is 12.7 Å². The second-order valence-electron chi connectivity index (χ2n) is 7.13. The SMILES string of the molecule is CCCONc1nc(I)nc2c1ncn2[C@@H]1O[C@H](COC(C)=O)[C@H](OC(C)=O)[C@H]1OC(C)=O. The normalized spacial score (nSPS) is 22.2. The summed E-state index contributed by atoms with van der Waals surface area (Å²) >= 11 is 1.95. The zero-order valence-corrected chi connectivity index (χ0v) is 20.6. The van der Waals surface area contributed by atoms with E-state index in [1.54, 1.807) is 4.57 Å². The van der Waals surface area contributed by atoms with E-state index in [4.69, 9.17) is 23.8 Å². The standard InChI is InChI=1S/C19H24IN5O8/c1-5-6-30-24-16-13-17(23-19(20)22-16)25(8-21-13)18-15(32-11(4)28)14(31-10(3)27)12(33-18)7-29-9(2)26/h8,12,14-15,18H,5-7H2,1-4H3,(H,22,23,24)/t12-,14+,15-,18-/m1/s1. The maximum atomic E-state index is 11.9. The van der Waals surface area contributed by atoms with E-state index in [0.717, 1.165) is 6.42 Å². The number of carbonyl (C=O) groups excluding carboxylic acids is 3. The van der Waals surface area contributed by atoms with E-state index < -0.39 is 42.4 Å². The van der Waals surface area contributed by atoms with Crippen LogP contribution in [0.25, 0.3) is 11.2 Å². The number of anilines is 1. The Kier molecular flexibility index (Phi) is 8.36. The number of hydrogen-bond donors (Lipinski definition) is 1. The molecule has 0 radical (unpaired) electrons. The fourth-order valence-corrected chi connectivity index (χ4v) is 3.76. The molecule has 0 saturated carbocycles. The largest absolute Gasteiger partial charge is 0.463 e. The molecule has 180 valence electrons. The van der Waals surface area contributed by atoms with Crippen molar-refractivity contribution in [2.45, 2.75) is 58.7 Å². The monoisotopic (exact) mass is 577 g/mol. The molecule has 2 aromatic rings. The zero-order valence-electron chi connectivity index (χ0n) is 18.4. The maximum Gasteiger partial charge on any atom is 0.303 e. The van der Waals surface area contributed by atoms with E-state index >= 15 is 0 Å². The highest BCUT2D eigenvalue weighted by Crippen LogP contribution is 2.36. The van der Waals surface area contributed by atoms with Crippen molar-refractivity contribution < 1.29 is 38.2 Å². The first-order valence-corrected chi connectivity index (χ1v) is 11.2. The Morgan fingerprint density at radius 3 is 2.45 bits per heavy atom. The summed E-state index contributed by atoms with van der Waals surface area (Å²) in [4.78, 5) is 53.4. The molecule has 33 heavy (non-hydrogen) atoms. The predicted octanol–water partition coefficient (Wildman–Crippen LogP) is 1.51. The van der Waals surface area contributed by atoms with Crippen LogP contribution in [0.5, 0.6) is 0 Å². The average molecular weight is 577 g/mol. The van der Waals surface area contributed by atoms with E-state index in [9.17, 15) is 14.4 Å². The van der Waals surface area contributed by atoms with E-state index in [-0.39, 0.29) is 6.61 Å². The lowest BCUT2D eigenvalue weighted by molar-refractivity contribution is -0.166. The van der Waals surface area contributed by atoms with Crippen molar-refractivity contribution >= 4 is 57.5 Å². The van der Waals surface area contributed by atoms with Crippen LogP contribution < -0.4 is 5.48 Å². The minimum atomic E-state index is -1.05. The molecule has 1 N–H and O–H groups in total. The number of aromatic nitrogens is 4. The summed E-state index contributed by atoms with van der Waals surface area (Å²) in [7, 11) is 0. The van der Waals surface area contributed by atoms with Crippen LogP contribution in [0.4, 0.5) is 5.82 Å². The minimum Gasteiger partial charge on any atom is -0.463 e. The van der Waals surface area contributed by atoms with Crippen LogP contribution in [-0.2, 0) is 38.2 Å². The number of ether oxygens (including phenoxy) is 4. The van der Waals surface area contributed by atoms with Gasteiger partial charge < -0.3 is 18.9 Å². The molecule has 3 rings (SSSR count). The second-order valence-corrected chi connectivity index (χ2v) is 8.10. The Morgan fingerprint density at radius 1 is 1.12 bits per heavy atom. The van der Waals surface area contributed by atoms with Crippen LogP contribution >= 0.6 is 22.6 Å². The molecule has 1 saturated heterocycles. The van der Waals surface area contributed by atoms with Crippen molar-refractivity contribution in [1.29, 1.82) is 0 Å². The van der Waals surface area contributed by atoms with Gasteiger partial charge in [0.15, 0.2) is 39.2 Å². The molecular weight excluding hydrogens is 553 g/mol. The molecule has 3 heterocycles. The molecule has 0 unspecified atom stereocenters. The minimum absolute atomic E-state index is 0.210. The summed E-state index contributed by atoms with van der Waals surface area (Å²) in [6, 6.07) is 0. The van der Waals surface area contributed by atoms with Crippen molar-refractivity contribution in [3.63, 3.8) is 0 Å². The number of imidazole rings is 1. The van der Waals surface area contributed by atoms with Crippen LogP contribution in [-0.4, -0.2) is 69.0 Å². The van der Waals surface area contributed by atoms with Gasteiger partial charge in [0, 0.05) is 43.4 Å². The summed E-state index contributed by atoms with van der Waals surface area (Å²) in [5, 5.41) is 0. The smallest absolute Gasteiger partial charge is 0.303 e. The lowest BCUT2D eigenvalue weighted by Gasteiger charge is -2.23. The maximum absolute atomic E-state index is 11.9. The first-order chi connectivity index (χ1) is 15.7. The third kappa shape index (κ3) is 6.05. The molecule has 14 heteroatoms. The Morgan fingerprint density at radius 2 is 1.82 bits per heavy atom. The second kappa shape index (κ2) is 11.0. The van der Waals surface area contributed by atoms with E-state index in [2.05, 4.69) is 20.4 Å².